The van der Waals surface area contributed by atoms with Gasteiger partial charge in [-0.1, -0.05) is 18.2 Å². The van der Waals surface area contributed by atoms with Crippen LogP contribution >= 0.6 is 0 Å². The number of rotatable bonds is 5. The van der Waals surface area contributed by atoms with Crippen molar-refractivity contribution in [3.05, 3.63) is 72.3 Å². The molecular weight excluding hydrogens is 295 g/mol. The molecule has 0 fully saturated rings. The van der Waals surface area contributed by atoms with Gasteiger partial charge in [-0.15, -0.1) is 0 Å². The average molecular weight is 310 g/mol. The number of aromatic nitrogens is 1. The predicted octanol–water partition coefficient (Wildman–Crippen LogP) is 3.07. The van der Waals surface area contributed by atoms with Gasteiger partial charge in [0.2, 0.25) is 0 Å². The molecule has 1 heterocycles. The van der Waals surface area contributed by atoms with Crippen LogP contribution < -0.4 is 10.1 Å². The van der Waals surface area contributed by atoms with E-state index in [1.54, 1.807) is 24.5 Å². The van der Waals surface area contributed by atoms with Gasteiger partial charge in [-0.05, 0) is 41.3 Å². The van der Waals surface area contributed by atoms with Gasteiger partial charge >= 0.3 is 0 Å². The van der Waals surface area contributed by atoms with E-state index in [0.29, 0.717) is 12.3 Å². The normalized spacial score (nSPS) is 10.5. The second-order valence-electron chi connectivity index (χ2n) is 5.08. The molecule has 1 N–H and O–H groups in total. The molecule has 1 amide bonds. The molecule has 0 bridgehead atoms. The molecule has 0 spiro atoms. The number of halogens is 1. The lowest BCUT2D eigenvalue weighted by molar-refractivity contribution is -0.123. The first-order valence-electron chi connectivity index (χ1n) is 7.18. The van der Waals surface area contributed by atoms with Crippen molar-refractivity contribution < 1.29 is 13.9 Å². The van der Waals surface area contributed by atoms with Gasteiger partial charge in [0.15, 0.2) is 6.61 Å². The maximum absolute atomic E-state index is 12.8. The Morgan fingerprint density at radius 3 is 2.74 bits per heavy atom. The zero-order chi connectivity index (χ0) is 16.1. The van der Waals surface area contributed by atoms with E-state index in [2.05, 4.69) is 10.3 Å². The molecule has 0 aliphatic rings. The molecule has 2 aromatic carbocycles. The Bertz CT molecular complexity index is 819. The van der Waals surface area contributed by atoms with Crippen LogP contribution in [0.15, 0.2) is 60.9 Å². The van der Waals surface area contributed by atoms with Crippen LogP contribution in [0.25, 0.3) is 10.8 Å². The topological polar surface area (TPSA) is 51.2 Å². The van der Waals surface area contributed by atoms with Gasteiger partial charge in [-0.25, -0.2) is 4.39 Å². The summed E-state index contributed by atoms with van der Waals surface area (Å²) >= 11 is 0. The minimum Gasteiger partial charge on any atom is -0.484 e. The van der Waals surface area contributed by atoms with Crippen molar-refractivity contribution in [2.75, 3.05) is 6.61 Å². The van der Waals surface area contributed by atoms with E-state index in [-0.39, 0.29) is 18.3 Å². The van der Waals surface area contributed by atoms with Gasteiger partial charge in [-0.3, -0.25) is 9.78 Å². The maximum atomic E-state index is 12.8. The third kappa shape index (κ3) is 4.03. The van der Waals surface area contributed by atoms with Crippen molar-refractivity contribution in [3.63, 3.8) is 0 Å². The van der Waals surface area contributed by atoms with Gasteiger partial charge in [0, 0.05) is 24.3 Å². The molecule has 4 nitrogen and oxygen atoms in total. The zero-order valence-electron chi connectivity index (χ0n) is 12.3. The number of pyridine rings is 1. The Labute approximate surface area is 132 Å². The zero-order valence-corrected chi connectivity index (χ0v) is 12.3. The van der Waals surface area contributed by atoms with E-state index in [9.17, 15) is 9.18 Å². The molecule has 3 rings (SSSR count). The van der Waals surface area contributed by atoms with Gasteiger partial charge in [0.1, 0.15) is 11.6 Å². The Balaban J connectivity index is 1.52. The fourth-order valence-corrected chi connectivity index (χ4v) is 2.16. The molecule has 0 saturated carbocycles. The standard InChI is InChI=1S/C18H15FN2O2/c19-16-4-1-13(2-5-16)10-21-18(22)12-23-17-6-3-14-7-8-20-11-15(14)9-17/h1-9,11H,10,12H2,(H,21,22). The monoisotopic (exact) mass is 310 g/mol. The summed E-state index contributed by atoms with van der Waals surface area (Å²) in [6, 6.07) is 13.5. The molecule has 0 atom stereocenters. The summed E-state index contributed by atoms with van der Waals surface area (Å²) in [6.45, 7) is 0.261. The van der Waals surface area contributed by atoms with E-state index in [0.717, 1.165) is 16.3 Å². The number of carbonyl (C=O) groups is 1. The van der Waals surface area contributed by atoms with Crippen LogP contribution in [0.5, 0.6) is 5.75 Å². The van der Waals surface area contributed by atoms with E-state index in [1.165, 1.54) is 12.1 Å². The van der Waals surface area contributed by atoms with Crippen molar-refractivity contribution in [3.8, 4) is 5.75 Å². The number of ether oxygens (including phenoxy) is 1. The first kappa shape index (κ1) is 15.0. The van der Waals surface area contributed by atoms with Gasteiger partial charge in [0.05, 0.1) is 0 Å². The van der Waals surface area contributed by atoms with Crippen LogP contribution in [-0.4, -0.2) is 17.5 Å². The van der Waals surface area contributed by atoms with Crippen LogP contribution in [0.3, 0.4) is 0 Å². The Kier molecular flexibility index (Phi) is 4.47. The summed E-state index contributed by atoms with van der Waals surface area (Å²) in [5, 5.41) is 4.75. The summed E-state index contributed by atoms with van der Waals surface area (Å²) in [6.07, 6.45) is 3.47. The van der Waals surface area contributed by atoms with E-state index >= 15 is 0 Å². The van der Waals surface area contributed by atoms with E-state index < -0.39 is 0 Å². The van der Waals surface area contributed by atoms with Crippen molar-refractivity contribution in [2.45, 2.75) is 6.54 Å². The van der Waals surface area contributed by atoms with Crippen molar-refractivity contribution in [2.24, 2.45) is 0 Å². The summed E-state index contributed by atoms with van der Waals surface area (Å²) < 4.78 is 18.3. The fourth-order valence-electron chi connectivity index (χ4n) is 2.16. The highest BCUT2D eigenvalue weighted by Crippen LogP contribution is 2.19. The van der Waals surface area contributed by atoms with Crippen LogP contribution in [0.4, 0.5) is 4.39 Å². The predicted molar refractivity (Wildman–Crippen MR) is 85.5 cm³/mol. The highest BCUT2D eigenvalue weighted by Gasteiger charge is 2.04. The van der Waals surface area contributed by atoms with Crippen molar-refractivity contribution in [1.82, 2.24) is 10.3 Å². The van der Waals surface area contributed by atoms with Crippen LogP contribution in [0.1, 0.15) is 5.56 Å². The molecule has 0 saturated heterocycles. The number of nitrogens with zero attached hydrogens (tertiary/aromatic N) is 1. The maximum Gasteiger partial charge on any atom is 0.258 e. The summed E-state index contributed by atoms with van der Waals surface area (Å²) in [5.74, 6) is 0.0808. The largest absolute Gasteiger partial charge is 0.484 e. The number of hydrogen-bond donors (Lipinski definition) is 1. The quantitative estimate of drug-likeness (QED) is 0.788. The number of benzene rings is 2. The number of nitrogens with one attached hydrogen (secondary N) is 1. The van der Waals surface area contributed by atoms with Gasteiger partial charge < -0.3 is 10.1 Å². The van der Waals surface area contributed by atoms with Crippen LogP contribution in [-0.2, 0) is 11.3 Å². The SMILES string of the molecule is O=C(COc1ccc2ccncc2c1)NCc1ccc(F)cc1. The number of hydrogen-bond acceptors (Lipinski definition) is 3. The van der Waals surface area contributed by atoms with Crippen LogP contribution in [0, 0.1) is 5.82 Å². The lowest BCUT2D eigenvalue weighted by Gasteiger charge is -2.08. The minimum absolute atomic E-state index is 0.0764. The average Bonchev–Trinajstić information content (AvgIpc) is 2.59. The first-order valence-corrected chi connectivity index (χ1v) is 7.18. The first-order chi connectivity index (χ1) is 11.2. The molecule has 5 heteroatoms. The molecular formula is C18H15FN2O2. The molecule has 0 aliphatic carbocycles. The Hall–Kier alpha value is -2.95. The number of carbonyl (C=O) groups excluding carboxylic acids is 1. The summed E-state index contributed by atoms with van der Waals surface area (Å²) in [5.41, 5.74) is 0.830. The smallest absolute Gasteiger partial charge is 0.258 e. The molecule has 0 unspecified atom stereocenters. The lowest BCUT2D eigenvalue weighted by Crippen LogP contribution is -2.28. The molecule has 23 heavy (non-hydrogen) atoms. The Morgan fingerprint density at radius 2 is 1.91 bits per heavy atom. The number of amides is 1. The molecule has 116 valence electrons. The van der Waals surface area contributed by atoms with E-state index in [4.69, 9.17) is 4.74 Å². The third-order valence-electron chi connectivity index (χ3n) is 3.38. The van der Waals surface area contributed by atoms with Crippen molar-refractivity contribution >= 4 is 16.7 Å². The second-order valence-corrected chi connectivity index (χ2v) is 5.08. The van der Waals surface area contributed by atoms with Crippen LogP contribution in [0.2, 0.25) is 0 Å². The third-order valence-corrected chi connectivity index (χ3v) is 3.38. The van der Waals surface area contributed by atoms with Gasteiger partial charge in [0.25, 0.3) is 5.91 Å². The summed E-state index contributed by atoms with van der Waals surface area (Å²) in [4.78, 5) is 15.9. The fraction of sp³-hybridized carbons (Fsp3) is 0.111. The molecule has 0 radical (unpaired) electrons. The molecule has 1 aromatic heterocycles. The van der Waals surface area contributed by atoms with Crippen molar-refractivity contribution in [1.29, 1.82) is 0 Å². The Morgan fingerprint density at radius 1 is 1.09 bits per heavy atom. The summed E-state index contributed by atoms with van der Waals surface area (Å²) in [7, 11) is 0. The number of fused-ring (bicyclic) bond motifs is 1. The minimum atomic E-state index is -0.297. The second kappa shape index (κ2) is 6.87. The lowest BCUT2D eigenvalue weighted by atomic mass is 10.2. The van der Waals surface area contributed by atoms with Gasteiger partial charge in [-0.2, -0.15) is 0 Å². The highest BCUT2D eigenvalue weighted by atomic mass is 19.1. The molecule has 0 aliphatic heterocycles. The molecule has 3 aromatic rings. The highest BCUT2D eigenvalue weighted by molar-refractivity contribution is 5.83. The van der Waals surface area contributed by atoms with E-state index in [1.807, 2.05) is 24.3 Å².